The molecule has 1 fully saturated rings. The van der Waals surface area contributed by atoms with Gasteiger partial charge in [0, 0.05) is 25.7 Å². The molecule has 2 aromatic rings. The van der Waals surface area contributed by atoms with Crippen LogP contribution in [0.3, 0.4) is 0 Å². The summed E-state index contributed by atoms with van der Waals surface area (Å²) in [5, 5.41) is 0. The highest BCUT2D eigenvalue weighted by Gasteiger charge is 2.45. The summed E-state index contributed by atoms with van der Waals surface area (Å²) in [6.07, 6.45) is 4.97. The molecule has 8 heteroatoms. The van der Waals surface area contributed by atoms with Crippen LogP contribution in [0, 0.1) is 5.82 Å². The van der Waals surface area contributed by atoms with E-state index < -0.39 is 5.82 Å². The lowest BCUT2D eigenvalue weighted by molar-refractivity contribution is -0.129. The zero-order valence-corrected chi connectivity index (χ0v) is 18.1. The van der Waals surface area contributed by atoms with Crippen LogP contribution in [0.1, 0.15) is 62.9 Å². The van der Waals surface area contributed by atoms with Gasteiger partial charge in [-0.2, -0.15) is 4.98 Å². The summed E-state index contributed by atoms with van der Waals surface area (Å²) in [5.74, 6) is -0.0357. The molecule has 0 radical (unpaired) electrons. The molecule has 0 unspecified atom stereocenters. The summed E-state index contributed by atoms with van der Waals surface area (Å²) in [4.78, 5) is 34.8. The van der Waals surface area contributed by atoms with E-state index in [1.807, 2.05) is 11.8 Å². The Kier molecular flexibility index (Phi) is 6.25. The molecule has 0 saturated carbocycles. The number of carbonyl (C=O) groups is 2. The Bertz CT molecular complexity index is 974. The van der Waals surface area contributed by atoms with Gasteiger partial charge in [-0.1, -0.05) is 32.8 Å². The number of aromatic nitrogens is 2. The summed E-state index contributed by atoms with van der Waals surface area (Å²) in [7, 11) is 0. The van der Waals surface area contributed by atoms with Crippen molar-refractivity contribution in [3.63, 3.8) is 0 Å². The monoisotopic (exact) mass is 428 g/mol. The van der Waals surface area contributed by atoms with Crippen LogP contribution in [0.5, 0.6) is 11.8 Å². The van der Waals surface area contributed by atoms with Crippen molar-refractivity contribution in [2.45, 2.75) is 65.0 Å². The van der Waals surface area contributed by atoms with Crippen LogP contribution in [-0.2, 0) is 11.3 Å². The molecular weight excluding hydrogens is 399 g/mol. The van der Waals surface area contributed by atoms with Crippen LogP contribution in [0.25, 0.3) is 0 Å². The number of benzene rings is 1. The Morgan fingerprint density at radius 1 is 1.16 bits per heavy atom. The number of ether oxygens (including phenoxy) is 1. The number of carbonyl (C=O) groups excluding carboxylic acids is 2. The van der Waals surface area contributed by atoms with Crippen molar-refractivity contribution in [1.82, 2.24) is 14.5 Å². The number of amides is 2. The molecule has 166 valence electrons. The summed E-state index contributed by atoms with van der Waals surface area (Å²) >= 11 is 0. The lowest BCUT2D eigenvalue weighted by atomic mass is 10.2. The van der Waals surface area contributed by atoms with E-state index in [-0.39, 0.29) is 23.9 Å². The molecule has 4 rings (SSSR count). The smallest absolute Gasteiger partial charge is 0.304 e. The number of imide groups is 1. The zero-order chi connectivity index (χ0) is 22.0. The first-order valence-corrected chi connectivity index (χ1v) is 11.2. The van der Waals surface area contributed by atoms with Gasteiger partial charge in [-0.25, -0.2) is 4.39 Å². The molecular formula is C23H29FN4O3. The number of hydrogen-bond donors (Lipinski definition) is 0. The standard InChI is InChI=1S/C23H29FN4O3/c1-3-5-12-27-19-20(25-23(27)31-17-10-7-9-16(24)15-17)26-14-8-11-18(26)21(29)28(22(19)30)13-6-4-2/h7,9-10,15,18H,3-6,8,11-14H2,1-2H3/t18-/m1/s1. The van der Waals surface area contributed by atoms with Gasteiger partial charge >= 0.3 is 6.01 Å². The van der Waals surface area contributed by atoms with Crippen LogP contribution < -0.4 is 9.64 Å². The summed E-state index contributed by atoms with van der Waals surface area (Å²) < 4.78 is 21.4. The van der Waals surface area contributed by atoms with Crippen molar-refractivity contribution in [2.75, 3.05) is 18.0 Å². The minimum atomic E-state index is -0.405. The first-order chi connectivity index (χ1) is 15.0. The number of imidazole rings is 1. The fourth-order valence-electron chi connectivity index (χ4n) is 4.28. The second-order valence-electron chi connectivity index (χ2n) is 8.13. The van der Waals surface area contributed by atoms with E-state index in [0.717, 1.165) is 32.1 Å². The number of hydrogen-bond acceptors (Lipinski definition) is 5. The Morgan fingerprint density at radius 3 is 2.68 bits per heavy atom. The average Bonchev–Trinajstić information content (AvgIpc) is 3.35. The lowest BCUT2D eigenvalue weighted by Crippen LogP contribution is -2.46. The minimum Gasteiger partial charge on any atom is -0.425 e. The summed E-state index contributed by atoms with van der Waals surface area (Å²) in [6.45, 7) is 5.71. The molecule has 2 aliphatic heterocycles. The third kappa shape index (κ3) is 4.03. The number of fused-ring (bicyclic) bond motifs is 3. The molecule has 0 spiro atoms. The van der Waals surface area contributed by atoms with Crippen molar-refractivity contribution in [3.05, 3.63) is 35.8 Å². The first kappa shape index (κ1) is 21.3. The molecule has 1 aromatic carbocycles. The highest BCUT2D eigenvalue weighted by Crippen LogP contribution is 2.37. The number of halogens is 1. The average molecular weight is 429 g/mol. The fourth-order valence-corrected chi connectivity index (χ4v) is 4.28. The van der Waals surface area contributed by atoms with Crippen molar-refractivity contribution >= 4 is 17.6 Å². The molecule has 0 bridgehead atoms. The van der Waals surface area contributed by atoms with Gasteiger partial charge in [0.15, 0.2) is 11.5 Å². The van der Waals surface area contributed by atoms with E-state index in [2.05, 4.69) is 11.9 Å². The number of rotatable bonds is 8. The maximum Gasteiger partial charge on any atom is 0.304 e. The number of nitrogens with zero attached hydrogens (tertiary/aromatic N) is 4. The summed E-state index contributed by atoms with van der Waals surface area (Å²) in [5.41, 5.74) is 0.397. The molecule has 0 aliphatic carbocycles. The Balaban J connectivity index is 1.81. The van der Waals surface area contributed by atoms with E-state index in [0.29, 0.717) is 43.3 Å². The highest BCUT2D eigenvalue weighted by molar-refractivity contribution is 6.11. The third-order valence-corrected chi connectivity index (χ3v) is 5.91. The highest BCUT2D eigenvalue weighted by atomic mass is 19.1. The maximum atomic E-state index is 13.7. The van der Waals surface area contributed by atoms with E-state index in [1.165, 1.54) is 17.0 Å². The normalized spacial score (nSPS) is 18.2. The van der Waals surface area contributed by atoms with E-state index in [4.69, 9.17) is 4.74 Å². The molecule has 1 aromatic heterocycles. The second-order valence-corrected chi connectivity index (χ2v) is 8.13. The Morgan fingerprint density at radius 2 is 1.94 bits per heavy atom. The second kappa shape index (κ2) is 9.08. The van der Waals surface area contributed by atoms with Crippen LogP contribution >= 0.6 is 0 Å². The molecule has 31 heavy (non-hydrogen) atoms. The van der Waals surface area contributed by atoms with Crippen LogP contribution in [0.4, 0.5) is 10.2 Å². The molecule has 2 amide bonds. The van der Waals surface area contributed by atoms with Crippen molar-refractivity contribution in [2.24, 2.45) is 0 Å². The molecule has 0 N–H and O–H groups in total. The zero-order valence-electron chi connectivity index (χ0n) is 18.1. The molecule has 1 saturated heterocycles. The SMILES string of the molecule is CCCCN1C(=O)c2c(nc(Oc3cccc(F)c3)n2CCCC)N2CCC[C@@H]2C1=O. The quantitative estimate of drug-likeness (QED) is 0.584. The van der Waals surface area contributed by atoms with E-state index >= 15 is 0 Å². The van der Waals surface area contributed by atoms with Crippen LogP contribution in [0.2, 0.25) is 0 Å². The van der Waals surface area contributed by atoms with Crippen LogP contribution in [-0.4, -0.2) is 45.4 Å². The number of anilines is 1. The van der Waals surface area contributed by atoms with Gasteiger partial charge in [0.1, 0.15) is 17.6 Å². The van der Waals surface area contributed by atoms with Gasteiger partial charge in [0.05, 0.1) is 0 Å². The first-order valence-electron chi connectivity index (χ1n) is 11.2. The van der Waals surface area contributed by atoms with Gasteiger partial charge in [0.2, 0.25) is 0 Å². The van der Waals surface area contributed by atoms with Crippen LogP contribution in [0.15, 0.2) is 24.3 Å². The molecule has 1 atom stereocenters. The largest absolute Gasteiger partial charge is 0.425 e. The summed E-state index contributed by atoms with van der Waals surface area (Å²) in [6, 6.07) is 5.75. The maximum absolute atomic E-state index is 13.7. The lowest BCUT2D eigenvalue weighted by Gasteiger charge is -2.25. The van der Waals surface area contributed by atoms with Gasteiger partial charge in [-0.05, 0) is 37.8 Å². The Hall–Kier alpha value is -2.90. The van der Waals surface area contributed by atoms with Gasteiger partial charge in [-0.3, -0.25) is 19.1 Å². The number of unbranched alkanes of at least 4 members (excludes halogenated alkanes) is 2. The van der Waals surface area contributed by atoms with Gasteiger partial charge in [0.25, 0.3) is 11.8 Å². The van der Waals surface area contributed by atoms with Crippen molar-refractivity contribution < 1.29 is 18.7 Å². The third-order valence-electron chi connectivity index (χ3n) is 5.91. The Labute approximate surface area is 181 Å². The predicted molar refractivity (Wildman–Crippen MR) is 115 cm³/mol. The fraction of sp³-hybridized carbons (Fsp3) is 0.522. The molecule has 7 nitrogen and oxygen atoms in total. The molecule has 3 heterocycles. The molecule has 2 aliphatic rings. The van der Waals surface area contributed by atoms with Crippen molar-refractivity contribution in [3.8, 4) is 11.8 Å². The van der Waals surface area contributed by atoms with E-state index in [9.17, 15) is 14.0 Å². The minimum absolute atomic E-state index is 0.136. The topological polar surface area (TPSA) is 67.7 Å². The van der Waals surface area contributed by atoms with Crippen molar-refractivity contribution in [1.29, 1.82) is 0 Å². The van der Waals surface area contributed by atoms with E-state index in [1.54, 1.807) is 16.7 Å². The van der Waals surface area contributed by atoms with Gasteiger partial charge < -0.3 is 9.64 Å². The van der Waals surface area contributed by atoms with Gasteiger partial charge in [-0.15, -0.1) is 0 Å². The predicted octanol–water partition coefficient (Wildman–Crippen LogP) is 4.37.